The summed E-state index contributed by atoms with van der Waals surface area (Å²) in [5.41, 5.74) is 1.10. The number of amides is 3. The minimum atomic E-state index is -0.541. The number of rotatable bonds is 7. The van der Waals surface area contributed by atoms with E-state index in [9.17, 15) is 14.4 Å². The molecule has 0 aliphatic carbocycles. The maximum atomic E-state index is 12.7. The van der Waals surface area contributed by atoms with E-state index in [-0.39, 0.29) is 4.91 Å². The van der Waals surface area contributed by atoms with E-state index < -0.39 is 23.6 Å². The molecule has 154 valence electrons. The SMILES string of the molecule is C=CCOc1ccc(Br)cc1/C=C1/SC(=O)N(CC(=O)Nc2cccc(Cl)c2)C1=O. The number of imide groups is 1. The number of nitrogens with zero attached hydrogens (tertiary/aromatic N) is 1. The third-order valence-electron chi connectivity index (χ3n) is 3.90. The number of carbonyl (C=O) groups is 3. The zero-order valence-corrected chi connectivity index (χ0v) is 18.7. The third-order valence-corrected chi connectivity index (χ3v) is 5.53. The van der Waals surface area contributed by atoms with Gasteiger partial charge in [-0.1, -0.05) is 46.3 Å². The largest absolute Gasteiger partial charge is 0.489 e. The predicted molar refractivity (Wildman–Crippen MR) is 123 cm³/mol. The number of hydrogen-bond donors (Lipinski definition) is 1. The maximum absolute atomic E-state index is 12.7. The number of halogens is 2. The predicted octanol–water partition coefficient (Wildman–Crippen LogP) is 5.34. The molecule has 1 heterocycles. The van der Waals surface area contributed by atoms with Crippen molar-refractivity contribution in [1.29, 1.82) is 0 Å². The van der Waals surface area contributed by atoms with E-state index in [0.29, 0.717) is 28.6 Å². The average Bonchev–Trinajstić information content (AvgIpc) is 2.95. The Balaban J connectivity index is 1.75. The quantitative estimate of drug-likeness (QED) is 0.404. The molecule has 3 amide bonds. The number of nitrogens with one attached hydrogen (secondary N) is 1. The summed E-state index contributed by atoms with van der Waals surface area (Å²) in [7, 11) is 0. The second-order valence-corrected chi connectivity index (χ2v) is 8.45. The second kappa shape index (κ2) is 9.97. The van der Waals surface area contributed by atoms with Crippen molar-refractivity contribution < 1.29 is 19.1 Å². The maximum Gasteiger partial charge on any atom is 0.294 e. The van der Waals surface area contributed by atoms with Crippen molar-refractivity contribution >= 4 is 68.1 Å². The van der Waals surface area contributed by atoms with Crippen LogP contribution in [0.25, 0.3) is 6.08 Å². The van der Waals surface area contributed by atoms with E-state index in [1.54, 1.807) is 48.6 Å². The van der Waals surface area contributed by atoms with Crippen LogP contribution in [0, 0.1) is 0 Å². The van der Waals surface area contributed by atoms with Crippen LogP contribution in [0.5, 0.6) is 5.75 Å². The Morgan fingerprint density at radius 2 is 2.07 bits per heavy atom. The Morgan fingerprint density at radius 3 is 2.80 bits per heavy atom. The monoisotopic (exact) mass is 506 g/mol. The molecule has 2 aromatic rings. The summed E-state index contributed by atoms with van der Waals surface area (Å²) in [6, 6.07) is 11.9. The van der Waals surface area contributed by atoms with Crippen LogP contribution in [0.3, 0.4) is 0 Å². The van der Waals surface area contributed by atoms with Gasteiger partial charge >= 0.3 is 0 Å². The molecule has 3 rings (SSSR count). The molecule has 1 aliphatic rings. The minimum absolute atomic E-state index is 0.206. The lowest BCUT2D eigenvalue weighted by Crippen LogP contribution is -2.36. The zero-order valence-electron chi connectivity index (χ0n) is 15.6. The fraction of sp³-hybridized carbons (Fsp3) is 0.0952. The molecule has 1 saturated heterocycles. The standard InChI is InChI=1S/C21H16BrClN2O4S/c1-2-8-29-17-7-6-14(22)9-13(17)10-18-20(27)25(21(28)30-18)12-19(26)24-16-5-3-4-15(23)11-16/h2-7,9-11H,1,8,12H2,(H,24,26)/b18-10+. The van der Waals surface area contributed by atoms with Gasteiger partial charge in [-0.2, -0.15) is 0 Å². The highest BCUT2D eigenvalue weighted by atomic mass is 79.9. The summed E-state index contributed by atoms with van der Waals surface area (Å²) >= 11 is 10.1. The smallest absolute Gasteiger partial charge is 0.294 e. The lowest BCUT2D eigenvalue weighted by Gasteiger charge is -2.12. The minimum Gasteiger partial charge on any atom is -0.489 e. The van der Waals surface area contributed by atoms with Crippen LogP contribution >= 0.6 is 39.3 Å². The molecule has 0 radical (unpaired) electrons. The van der Waals surface area contributed by atoms with E-state index in [1.165, 1.54) is 0 Å². The average molecular weight is 508 g/mol. The van der Waals surface area contributed by atoms with Gasteiger partial charge in [0.05, 0.1) is 4.91 Å². The first kappa shape index (κ1) is 22.1. The molecule has 9 heteroatoms. The molecule has 6 nitrogen and oxygen atoms in total. The van der Waals surface area contributed by atoms with Crippen LogP contribution < -0.4 is 10.1 Å². The molecule has 1 fully saturated rings. The third kappa shape index (κ3) is 5.53. The van der Waals surface area contributed by atoms with Gasteiger partial charge in [0.15, 0.2) is 0 Å². The summed E-state index contributed by atoms with van der Waals surface area (Å²) in [5, 5.41) is 2.57. The molecule has 2 aromatic carbocycles. The van der Waals surface area contributed by atoms with Crippen molar-refractivity contribution in [2.45, 2.75) is 0 Å². The van der Waals surface area contributed by atoms with Gasteiger partial charge in [-0.3, -0.25) is 19.3 Å². The van der Waals surface area contributed by atoms with Gasteiger partial charge in [-0.15, -0.1) is 0 Å². The normalized spacial score (nSPS) is 14.9. The molecule has 1 aliphatic heterocycles. The van der Waals surface area contributed by atoms with Gasteiger partial charge in [-0.05, 0) is 54.2 Å². The summed E-state index contributed by atoms with van der Waals surface area (Å²) in [6.07, 6.45) is 3.18. The molecule has 0 bridgehead atoms. The molecule has 0 aromatic heterocycles. The summed E-state index contributed by atoms with van der Waals surface area (Å²) < 4.78 is 6.40. The van der Waals surface area contributed by atoms with E-state index in [0.717, 1.165) is 21.1 Å². The number of carbonyl (C=O) groups excluding carboxylic acids is 3. The van der Waals surface area contributed by atoms with Crippen LogP contribution in [-0.2, 0) is 9.59 Å². The van der Waals surface area contributed by atoms with Gasteiger partial charge in [0.25, 0.3) is 11.1 Å². The second-order valence-electron chi connectivity index (χ2n) is 6.11. The van der Waals surface area contributed by atoms with Crippen molar-refractivity contribution in [3.63, 3.8) is 0 Å². The summed E-state index contributed by atoms with van der Waals surface area (Å²) in [6.45, 7) is 3.52. The number of hydrogen-bond acceptors (Lipinski definition) is 5. The number of benzene rings is 2. The summed E-state index contributed by atoms with van der Waals surface area (Å²) in [5.74, 6) is -0.497. The fourth-order valence-electron chi connectivity index (χ4n) is 2.60. The van der Waals surface area contributed by atoms with Gasteiger partial charge in [0.2, 0.25) is 5.91 Å². The Kier molecular flexibility index (Phi) is 7.36. The fourth-order valence-corrected chi connectivity index (χ4v) is 4.00. The van der Waals surface area contributed by atoms with Crippen LogP contribution in [0.15, 0.2) is 64.5 Å². The molecule has 0 unspecified atom stereocenters. The molecule has 1 N–H and O–H groups in total. The van der Waals surface area contributed by atoms with E-state index in [2.05, 4.69) is 27.8 Å². The van der Waals surface area contributed by atoms with E-state index in [1.807, 2.05) is 6.07 Å². The topological polar surface area (TPSA) is 75.7 Å². The van der Waals surface area contributed by atoms with Crippen LogP contribution in [0.4, 0.5) is 10.5 Å². The van der Waals surface area contributed by atoms with Gasteiger partial charge < -0.3 is 10.1 Å². The van der Waals surface area contributed by atoms with Crippen LogP contribution in [0.2, 0.25) is 5.02 Å². The van der Waals surface area contributed by atoms with Gasteiger partial charge in [0.1, 0.15) is 18.9 Å². The first-order valence-corrected chi connectivity index (χ1v) is 10.7. The highest BCUT2D eigenvalue weighted by Gasteiger charge is 2.36. The Morgan fingerprint density at radius 1 is 1.27 bits per heavy atom. The van der Waals surface area contributed by atoms with Crippen molar-refractivity contribution in [2.24, 2.45) is 0 Å². The van der Waals surface area contributed by atoms with Gasteiger partial charge in [0, 0.05) is 20.7 Å². The van der Waals surface area contributed by atoms with Crippen molar-refractivity contribution in [1.82, 2.24) is 4.90 Å². The Hall–Kier alpha value is -2.55. The molecule has 0 spiro atoms. The molecular weight excluding hydrogens is 492 g/mol. The lowest BCUT2D eigenvalue weighted by atomic mass is 10.2. The highest BCUT2D eigenvalue weighted by molar-refractivity contribution is 9.10. The van der Waals surface area contributed by atoms with Crippen molar-refractivity contribution in [2.75, 3.05) is 18.5 Å². The van der Waals surface area contributed by atoms with Crippen LogP contribution in [0.1, 0.15) is 5.56 Å². The lowest BCUT2D eigenvalue weighted by molar-refractivity contribution is -0.127. The van der Waals surface area contributed by atoms with Gasteiger partial charge in [-0.25, -0.2) is 0 Å². The number of ether oxygens (including phenoxy) is 1. The molecule has 30 heavy (non-hydrogen) atoms. The Labute approximate surface area is 191 Å². The number of thioether (sulfide) groups is 1. The van der Waals surface area contributed by atoms with Crippen molar-refractivity contribution in [3.05, 3.63) is 75.1 Å². The van der Waals surface area contributed by atoms with Crippen molar-refractivity contribution in [3.8, 4) is 5.75 Å². The van der Waals surface area contributed by atoms with E-state index in [4.69, 9.17) is 16.3 Å². The first-order chi connectivity index (χ1) is 14.4. The summed E-state index contributed by atoms with van der Waals surface area (Å²) in [4.78, 5) is 38.4. The van der Waals surface area contributed by atoms with E-state index >= 15 is 0 Å². The van der Waals surface area contributed by atoms with Crippen LogP contribution in [-0.4, -0.2) is 35.1 Å². The molecular formula is C21H16BrClN2O4S. The Bertz CT molecular complexity index is 1060. The number of anilines is 1. The molecule has 0 saturated carbocycles. The first-order valence-electron chi connectivity index (χ1n) is 8.71. The highest BCUT2D eigenvalue weighted by Crippen LogP contribution is 2.34. The molecule has 0 atom stereocenters. The zero-order chi connectivity index (χ0) is 21.7.